The average Bonchev–Trinajstić information content (AvgIpc) is 3.64. The Balaban J connectivity index is 1.44. The molecular weight excluding hydrogens is 440 g/mol. The number of nitriles is 1. The predicted octanol–water partition coefficient (Wildman–Crippen LogP) is 4.22. The number of benzene rings is 2. The maximum absolute atomic E-state index is 12.7. The zero-order valence-electron chi connectivity index (χ0n) is 20.1. The largest absolute Gasteiger partial charge is 0.497 e. The number of ether oxygens (including phenoxy) is 1. The fourth-order valence-corrected chi connectivity index (χ4v) is 3.91. The Bertz CT molecular complexity index is 1310. The van der Waals surface area contributed by atoms with Crippen LogP contribution in [0.25, 0.3) is 11.8 Å². The van der Waals surface area contributed by atoms with E-state index in [1.807, 2.05) is 50.2 Å². The number of methoxy groups -OCH3 is 1. The number of nitrogens with one attached hydrogen (secondary N) is 2. The molecule has 0 aliphatic heterocycles. The lowest BCUT2D eigenvalue weighted by Crippen LogP contribution is -2.25. The minimum absolute atomic E-state index is 0.0282. The van der Waals surface area contributed by atoms with Crippen LogP contribution in [0, 0.1) is 25.2 Å². The van der Waals surface area contributed by atoms with Crippen molar-refractivity contribution in [3.63, 3.8) is 0 Å². The number of hydrogen-bond acceptors (Lipinski definition) is 4. The summed E-state index contributed by atoms with van der Waals surface area (Å²) in [7, 11) is 1.63. The Morgan fingerprint density at radius 1 is 1.11 bits per heavy atom. The minimum Gasteiger partial charge on any atom is -0.497 e. The van der Waals surface area contributed by atoms with Crippen LogP contribution in [0.1, 0.15) is 45.7 Å². The SMILES string of the molecule is COc1ccc(-n2c(C)cc(/C=C(/C#N)C(=O)NCc3ccc(C(=O)NC4CC4)cc3)c2C)cc1. The summed E-state index contributed by atoms with van der Waals surface area (Å²) >= 11 is 0. The third-order valence-electron chi connectivity index (χ3n) is 6.05. The molecule has 0 bridgehead atoms. The Morgan fingerprint density at radius 2 is 1.80 bits per heavy atom. The van der Waals surface area contributed by atoms with Gasteiger partial charge in [-0.2, -0.15) is 5.26 Å². The minimum atomic E-state index is -0.447. The van der Waals surface area contributed by atoms with Crippen molar-refractivity contribution in [2.45, 2.75) is 39.3 Å². The van der Waals surface area contributed by atoms with Gasteiger partial charge in [-0.15, -0.1) is 0 Å². The van der Waals surface area contributed by atoms with Gasteiger partial charge in [-0.3, -0.25) is 9.59 Å². The van der Waals surface area contributed by atoms with Crippen LogP contribution in [0.5, 0.6) is 5.75 Å². The highest BCUT2D eigenvalue weighted by atomic mass is 16.5. The van der Waals surface area contributed by atoms with Crippen LogP contribution in [0.4, 0.5) is 0 Å². The van der Waals surface area contributed by atoms with Gasteiger partial charge >= 0.3 is 0 Å². The molecule has 1 heterocycles. The molecule has 1 aliphatic carbocycles. The molecule has 178 valence electrons. The summed E-state index contributed by atoms with van der Waals surface area (Å²) in [6.07, 6.45) is 3.69. The van der Waals surface area contributed by atoms with E-state index in [9.17, 15) is 14.9 Å². The first-order valence-corrected chi connectivity index (χ1v) is 11.5. The van der Waals surface area contributed by atoms with E-state index < -0.39 is 5.91 Å². The molecular formula is C28H28N4O3. The molecule has 0 atom stereocenters. The van der Waals surface area contributed by atoms with Gasteiger partial charge in [-0.1, -0.05) is 12.1 Å². The second-order valence-electron chi connectivity index (χ2n) is 8.66. The van der Waals surface area contributed by atoms with Crippen molar-refractivity contribution in [3.8, 4) is 17.5 Å². The van der Waals surface area contributed by atoms with Gasteiger partial charge in [-0.05, 0) is 86.4 Å². The van der Waals surface area contributed by atoms with Gasteiger partial charge in [0.1, 0.15) is 17.4 Å². The van der Waals surface area contributed by atoms with Crippen molar-refractivity contribution in [2.24, 2.45) is 0 Å². The predicted molar refractivity (Wildman–Crippen MR) is 134 cm³/mol. The Labute approximate surface area is 205 Å². The van der Waals surface area contributed by atoms with Gasteiger partial charge in [0.05, 0.1) is 7.11 Å². The topological polar surface area (TPSA) is 96.2 Å². The number of nitrogens with zero attached hydrogens (tertiary/aromatic N) is 2. The lowest BCUT2D eigenvalue weighted by Gasteiger charge is -2.10. The zero-order chi connectivity index (χ0) is 24.9. The molecule has 7 nitrogen and oxygen atoms in total. The molecule has 35 heavy (non-hydrogen) atoms. The van der Waals surface area contributed by atoms with Gasteiger partial charge in [0.25, 0.3) is 11.8 Å². The lowest BCUT2D eigenvalue weighted by atomic mass is 10.1. The first kappa shape index (κ1) is 23.8. The third-order valence-corrected chi connectivity index (χ3v) is 6.05. The fraction of sp³-hybridized carbons (Fsp3) is 0.250. The molecule has 4 rings (SSSR count). The Kier molecular flexibility index (Phi) is 7.02. The average molecular weight is 469 g/mol. The quantitative estimate of drug-likeness (QED) is 0.382. The molecule has 2 aromatic carbocycles. The molecule has 7 heteroatoms. The zero-order valence-corrected chi connectivity index (χ0v) is 20.1. The van der Waals surface area contributed by atoms with Crippen LogP contribution in [0.3, 0.4) is 0 Å². The second-order valence-corrected chi connectivity index (χ2v) is 8.66. The summed E-state index contributed by atoms with van der Waals surface area (Å²) in [5.74, 6) is 0.248. The van der Waals surface area contributed by atoms with E-state index in [4.69, 9.17) is 4.74 Å². The molecule has 3 aromatic rings. The van der Waals surface area contributed by atoms with E-state index in [2.05, 4.69) is 15.2 Å². The molecule has 2 N–H and O–H groups in total. The summed E-state index contributed by atoms with van der Waals surface area (Å²) in [6, 6.07) is 19.1. The van der Waals surface area contributed by atoms with Crippen LogP contribution >= 0.6 is 0 Å². The molecule has 1 aliphatic rings. The van der Waals surface area contributed by atoms with Crippen LogP contribution in [-0.4, -0.2) is 29.5 Å². The molecule has 0 unspecified atom stereocenters. The van der Waals surface area contributed by atoms with E-state index in [1.165, 1.54) is 0 Å². The summed E-state index contributed by atoms with van der Waals surface area (Å²) in [5, 5.41) is 15.4. The van der Waals surface area contributed by atoms with E-state index in [-0.39, 0.29) is 18.0 Å². The summed E-state index contributed by atoms with van der Waals surface area (Å²) in [6.45, 7) is 4.19. The van der Waals surface area contributed by atoms with Gasteiger partial charge in [0.15, 0.2) is 0 Å². The van der Waals surface area contributed by atoms with Crippen molar-refractivity contribution in [3.05, 3.63) is 88.2 Å². The van der Waals surface area contributed by atoms with Crippen LogP contribution < -0.4 is 15.4 Å². The molecule has 1 aromatic heterocycles. The summed E-state index contributed by atoms with van der Waals surface area (Å²) in [5.41, 5.74) is 5.15. The normalized spacial score (nSPS) is 13.1. The van der Waals surface area contributed by atoms with Gasteiger partial charge in [0, 0.05) is 35.2 Å². The van der Waals surface area contributed by atoms with Crippen molar-refractivity contribution in [2.75, 3.05) is 7.11 Å². The standard InChI is InChI=1S/C28H28N4O3/c1-18-14-22(19(2)32(18)25-10-12-26(35-3)13-11-25)15-23(16-29)27(33)30-17-20-4-6-21(7-5-20)28(34)31-24-8-9-24/h4-7,10-15,24H,8-9,17H2,1-3H3,(H,30,33)(H,31,34)/b23-15-. The number of rotatable bonds is 8. The van der Waals surface area contributed by atoms with E-state index in [0.29, 0.717) is 11.6 Å². The number of aryl methyl sites for hydroxylation is 1. The van der Waals surface area contributed by atoms with Crippen molar-refractivity contribution < 1.29 is 14.3 Å². The van der Waals surface area contributed by atoms with E-state index in [0.717, 1.165) is 46.8 Å². The first-order chi connectivity index (χ1) is 16.9. The fourth-order valence-electron chi connectivity index (χ4n) is 3.91. The van der Waals surface area contributed by atoms with Gasteiger partial charge in [0.2, 0.25) is 0 Å². The number of aromatic nitrogens is 1. The van der Waals surface area contributed by atoms with Crippen molar-refractivity contribution >= 4 is 17.9 Å². The number of hydrogen-bond donors (Lipinski definition) is 2. The Morgan fingerprint density at radius 3 is 2.40 bits per heavy atom. The van der Waals surface area contributed by atoms with E-state index in [1.54, 1.807) is 37.5 Å². The summed E-state index contributed by atoms with van der Waals surface area (Å²) in [4.78, 5) is 24.8. The lowest BCUT2D eigenvalue weighted by molar-refractivity contribution is -0.117. The maximum Gasteiger partial charge on any atom is 0.262 e. The second kappa shape index (κ2) is 10.3. The van der Waals surface area contributed by atoms with Crippen LogP contribution in [-0.2, 0) is 11.3 Å². The Hall–Kier alpha value is -4.31. The van der Waals surface area contributed by atoms with Crippen LogP contribution in [0.2, 0.25) is 0 Å². The maximum atomic E-state index is 12.7. The van der Waals surface area contributed by atoms with Crippen molar-refractivity contribution in [1.82, 2.24) is 15.2 Å². The molecule has 1 fully saturated rings. The molecule has 2 amide bonds. The highest BCUT2D eigenvalue weighted by molar-refractivity contribution is 6.01. The molecule has 0 spiro atoms. The monoisotopic (exact) mass is 468 g/mol. The highest BCUT2D eigenvalue weighted by Crippen LogP contribution is 2.24. The van der Waals surface area contributed by atoms with Gasteiger partial charge in [-0.25, -0.2) is 0 Å². The smallest absolute Gasteiger partial charge is 0.262 e. The first-order valence-electron chi connectivity index (χ1n) is 11.5. The molecule has 0 saturated heterocycles. The van der Waals surface area contributed by atoms with Crippen LogP contribution in [0.15, 0.2) is 60.2 Å². The third kappa shape index (κ3) is 5.61. The van der Waals surface area contributed by atoms with Crippen molar-refractivity contribution in [1.29, 1.82) is 5.26 Å². The highest BCUT2D eigenvalue weighted by Gasteiger charge is 2.23. The number of amides is 2. The number of carbonyl (C=O) groups is 2. The summed E-state index contributed by atoms with van der Waals surface area (Å²) < 4.78 is 7.30. The molecule has 0 radical (unpaired) electrons. The van der Waals surface area contributed by atoms with E-state index >= 15 is 0 Å². The van der Waals surface area contributed by atoms with Gasteiger partial charge < -0.3 is 19.9 Å². The molecule has 1 saturated carbocycles. The number of carbonyl (C=O) groups excluding carboxylic acids is 2.